The highest BCUT2D eigenvalue weighted by Crippen LogP contribution is 2.17. The van der Waals surface area contributed by atoms with Crippen LogP contribution in [0.1, 0.15) is 17.5 Å². The number of sulfone groups is 1. The number of aryl methyl sites for hydroxylation is 2. The monoisotopic (exact) mass is 374 g/mol. The second kappa shape index (κ2) is 6.81. The van der Waals surface area contributed by atoms with E-state index in [1.165, 1.54) is 18.0 Å². The van der Waals surface area contributed by atoms with Gasteiger partial charge in [0.15, 0.2) is 9.84 Å². The van der Waals surface area contributed by atoms with Gasteiger partial charge in [-0.15, -0.1) is 0 Å². The van der Waals surface area contributed by atoms with Gasteiger partial charge in [-0.2, -0.15) is 0 Å². The first-order valence-corrected chi connectivity index (χ1v) is 10.9. The van der Waals surface area contributed by atoms with Crippen molar-refractivity contribution in [1.82, 2.24) is 9.62 Å². The van der Waals surface area contributed by atoms with E-state index in [1.54, 1.807) is 12.1 Å². The Morgan fingerprint density at radius 3 is 2.50 bits per heavy atom. The summed E-state index contributed by atoms with van der Waals surface area (Å²) in [7, 11) is -5.39. The lowest BCUT2D eigenvalue weighted by Crippen LogP contribution is -2.43. The number of likely N-dealkylation sites (N-methyl/N-ethyl adjacent to an activating group) is 1. The van der Waals surface area contributed by atoms with Crippen LogP contribution in [0.15, 0.2) is 23.1 Å². The fourth-order valence-corrected chi connectivity index (χ4v) is 5.36. The minimum Gasteiger partial charge on any atom is -0.341 e. The number of carbonyl (C=O) groups is 1. The van der Waals surface area contributed by atoms with Crippen LogP contribution in [0, 0.1) is 13.8 Å². The quantitative estimate of drug-likeness (QED) is 0.795. The molecule has 0 aromatic heterocycles. The Hall–Kier alpha value is -1.45. The van der Waals surface area contributed by atoms with Crippen LogP contribution in [0.25, 0.3) is 0 Å². The highest BCUT2D eigenvalue weighted by molar-refractivity contribution is 7.91. The third-order valence-corrected chi connectivity index (χ3v) is 7.50. The Labute approximate surface area is 143 Å². The van der Waals surface area contributed by atoms with E-state index in [4.69, 9.17) is 0 Å². The molecule has 1 aliphatic rings. The first kappa shape index (κ1) is 18.9. The number of hydrogen-bond acceptors (Lipinski definition) is 5. The zero-order chi connectivity index (χ0) is 18.1. The van der Waals surface area contributed by atoms with E-state index in [0.29, 0.717) is 6.42 Å². The summed E-state index contributed by atoms with van der Waals surface area (Å²) < 4.78 is 49.8. The molecule has 1 amide bonds. The van der Waals surface area contributed by atoms with Crippen molar-refractivity contribution in [1.29, 1.82) is 0 Å². The van der Waals surface area contributed by atoms with E-state index in [-0.39, 0.29) is 16.4 Å². The van der Waals surface area contributed by atoms with Gasteiger partial charge in [0.05, 0.1) is 22.9 Å². The van der Waals surface area contributed by atoms with Gasteiger partial charge in [-0.25, -0.2) is 21.6 Å². The van der Waals surface area contributed by atoms with Gasteiger partial charge >= 0.3 is 0 Å². The molecule has 24 heavy (non-hydrogen) atoms. The van der Waals surface area contributed by atoms with Crippen molar-refractivity contribution in [3.05, 3.63) is 29.3 Å². The van der Waals surface area contributed by atoms with Crippen molar-refractivity contribution in [2.45, 2.75) is 31.2 Å². The molecule has 0 saturated carbocycles. The predicted octanol–water partition coefficient (Wildman–Crippen LogP) is 0.227. The summed E-state index contributed by atoms with van der Waals surface area (Å²) in [6.07, 6.45) is 0.383. The third-order valence-electron chi connectivity index (χ3n) is 4.35. The molecule has 1 unspecified atom stereocenters. The molecular weight excluding hydrogens is 352 g/mol. The number of carbonyl (C=O) groups excluding carboxylic acids is 1. The Bertz CT molecular complexity index is 847. The molecule has 134 valence electrons. The number of hydrogen-bond donors (Lipinski definition) is 1. The number of nitrogens with one attached hydrogen (secondary N) is 1. The normalized spacial score (nSPS) is 20.0. The smallest absolute Gasteiger partial charge is 0.241 e. The van der Waals surface area contributed by atoms with Crippen molar-refractivity contribution in [2.75, 3.05) is 25.1 Å². The average Bonchev–Trinajstić information content (AvgIpc) is 2.87. The molecule has 1 saturated heterocycles. The van der Waals surface area contributed by atoms with Gasteiger partial charge in [0.1, 0.15) is 0 Å². The summed E-state index contributed by atoms with van der Waals surface area (Å²) >= 11 is 0. The molecule has 1 fully saturated rings. The van der Waals surface area contributed by atoms with Crippen LogP contribution in [-0.4, -0.2) is 58.8 Å². The SMILES string of the molecule is Cc1ccc(S(=O)(=O)NCC(=O)N(C)C2CCS(=O)(=O)C2)cc1C. The van der Waals surface area contributed by atoms with E-state index in [0.717, 1.165) is 11.1 Å². The molecule has 1 heterocycles. The second-order valence-electron chi connectivity index (χ2n) is 6.13. The summed E-state index contributed by atoms with van der Waals surface area (Å²) in [6, 6.07) is 4.35. The van der Waals surface area contributed by atoms with Crippen molar-refractivity contribution < 1.29 is 21.6 Å². The fourth-order valence-electron chi connectivity index (χ4n) is 2.53. The predicted molar refractivity (Wildman–Crippen MR) is 90.9 cm³/mol. The van der Waals surface area contributed by atoms with Crippen LogP contribution < -0.4 is 4.72 Å². The summed E-state index contributed by atoms with van der Waals surface area (Å²) in [4.78, 5) is 13.6. The lowest BCUT2D eigenvalue weighted by Gasteiger charge is -2.23. The van der Waals surface area contributed by atoms with E-state index in [1.807, 2.05) is 13.8 Å². The van der Waals surface area contributed by atoms with Crippen LogP contribution in [0.4, 0.5) is 0 Å². The van der Waals surface area contributed by atoms with Crippen LogP contribution in [0.3, 0.4) is 0 Å². The molecule has 1 aromatic rings. The van der Waals surface area contributed by atoms with Crippen LogP contribution in [0.2, 0.25) is 0 Å². The molecule has 0 spiro atoms. The summed E-state index contributed by atoms with van der Waals surface area (Å²) in [5.74, 6) is -0.465. The van der Waals surface area contributed by atoms with Crippen LogP contribution in [0.5, 0.6) is 0 Å². The topological polar surface area (TPSA) is 101 Å². The van der Waals surface area contributed by atoms with Gasteiger partial charge in [0.25, 0.3) is 0 Å². The van der Waals surface area contributed by atoms with Crippen molar-refractivity contribution in [3.63, 3.8) is 0 Å². The maximum absolute atomic E-state index is 12.3. The molecule has 2 rings (SSSR count). The van der Waals surface area contributed by atoms with Gasteiger partial charge in [0, 0.05) is 13.1 Å². The van der Waals surface area contributed by atoms with E-state index < -0.39 is 38.4 Å². The van der Waals surface area contributed by atoms with E-state index in [9.17, 15) is 21.6 Å². The molecule has 7 nitrogen and oxygen atoms in total. The van der Waals surface area contributed by atoms with Gasteiger partial charge in [-0.3, -0.25) is 4.79 Å². The minimum absolute atomic E-state index is 0.0592. The Morgan fingerprint density at radius 1 is 1.29 bits per heavy atom. The zero-order valence-corrected chi connectivity index (χ0v) is 15.6. The fraction of sp³-hybridized carbons (Fsp3) is 0.533. The molecule has 1 atom stereocenters. The molecule has 1 N–H and O–H groups in total. The Balaban J connectivity index is 2.01. The molecule has 0 radical (unpaired) electrons. The molecule has 1 aromatic carbocycles. The van der Waals surface area contributed by atoms with Gasteiger partial charge in [-0.1, -0.05) is 6.07 Å². The number of amides is 1. The number of benzene rings is 1. The summed E-state index contributed by atoms with van der Waals surface area (Å²) in [6.45, 7) is 3.30. The first-order chi connectivity index (χ1) is 11.0. The van der Waals surface area contributed by atoms with Crippen molar-refractivity contribution in [2.24, 2.45) is 0 Å². The van der Waals surface area contributed by atoms with E-state index >= 15 is 0 Å². The maximum atomic E-state index is 12.3. The Morgan fingerprint density at radius 2 is 1.96 bits per heavy atom. The lowest BCUT2D eigenvalue weighted by molar-refractivity contribution is -0.130. The van der Waals surface area contributed by atoms with Gasteiger partial charge < -0.3 is 4.90 Å². The molecule has 0 aliphatic carbocycles. The third kappa shape index (κ3) is 4.34. The lowest BCUT2D eigenvalue weighted by atomic mass is 10.1. The molecular formula is C15H22N2O5S2. The standard InChI is InChI=1S/C15H22N2O5S2/c1-11-4-5-14(8-12(11)2)24(21,22)16-9-15(18)17(3)13-6-7-23(19,20)10-13/h4-5,8,13,16H,6-7,9-10H2,1-3H3. The van der Waals surface area contributed by atoms with Gasteiger partial charge in [-0.05, 0) is 43.5 Å². The van der Waals surface area contributed by atoms with Crippen molar-refractivity contribution >= 4 is 25.8 Å². The first-order valence-electron chi connectivity index (χ1n) is 7.55. The largest absolute Gasteiger partial charge is 0.341 e. The molecule has 1 aliphatic heterocycles. The number of rotatable bonds is 5. The highest BCUT2D eigenvalue weighted by atomic mass is 32.2. The Kier molecular flexibility index (Phi) is 5.36. The highest BCUT2D eigenvalue weighted by Gasteiger charge is 2.32. The molecule has 0 bridgehead atoms. The zero-order valence-electron chi connectivity index (χ0n) is 13.9. The van der Waals surface area contributed by atoms with E-state index in [2.05, 4.69) is 4.72 Å². The molecule has 9 heteroatoms. The minimum atomic E-state index is -3.79. The number of nitrogens with zero attached hydrogens (tertiary/aromatic N) is 1. The summed E-state index contributed by atoms with van der Waals surface area (Å²) in [5.41, 5.74) is 1.82. The summed E-state index contributed by atoms with van der Waals surface area (Å²) in [5, 5.41) is 0. The van der Waals surface area contributed by atoms with Crippen LogP contribution >= 0.6 is 0 Å². The van der Waals surface area contributed by atoms with Crippen LogP contribution in [-0.2, 0) is 24.7 Å². The number of sulfonamides is 1. The van der Waals surface area contributed by atoms with Crippen molar-refractivity contribution in [3.8, 4) is 0 Å². The maximum Gasteiger partial charge on any atom is 0.241 e. The average molecular weight is 374 g/mol. The second-order valence-corrected chi connectivity index (χ2v) is 10.1. The van der Waals surface area contributed by atoms with Gasteiger partial charge in [0.2, 0.25) is 15.9 Å².